The van der Waals surface area contributed by atoms with E-state index in [-0.39, 0.29) is 5.88 Å². The minimum atomic E-state index is -1.14. The van der Waals surface area contributed by atoms with Crippen molar-refractivity contribution in [3.63, 3.8) is 0 Å². The number of halogens is 1. The first kappa shape index (κ1) is 11.8. The number of benzene rings is 1. The zero-order valence-corrected chi connectivity index (χ0v) is 10.4. The number of aliphatic hydroxyl groups is 1. The first-order chi connectivity index (χ1) is 7.68. The number of rotatable bonds is 3. The molecule has 1 aromatic rings. The molecule has 0 fully saturated rings. The molecule has 2 rings (SSSR count). The van der Waals surface area contributed by atoms with Crippen LogP contribution < -0.4 is 4.74 Å². The fourth-order valence-electron chi connectivity index (χ4n) is 1.47. The van der Waals surface area contributed by atoms with E-state index in [0.29, 0.717) is 5.75 Å². The molecule has 0 aromatic heterocycles. The molecule has 16 heavy (non-hydrogen) atoms. The van der Waals surface area contributed by atoms with Gasteiger partial charge in [0.15, 0.2) is 5.72 Å². The van der Waals surface area contributed by atoms with Gasteiger partial charge < -0.3 is 9.84 Å². The summed E-state index contributed by atoms with van der Waals surface area (Å²) in [6.07, 6.45) is 0. The molecule has 0 bridgehead atoms. The summed E-state index contributed by atoms with van der Waals surface area (Å²) in [7, 11) is 1.62. The van der Waals surface area contributed by atoms with Crippen LogP contribution in [0.4, 0.5) is 0 Å². The minimum absolute atomic E-state index is 0.110. The number of para-hydroxylation sites is 1. The number of aliphatic imine (C=N–C) groups is 1. The van der Waals surface area contributed by atoms with Gasteiger partial charge in [-0.2, -0.15) is 0 Å². The second-order valence-electron chi connectivity index (χ2n) is 3.52. The first-order valence-electron chi connectivity index (χ1n) is 4.83. The Morgan fingerprint density at radius 3 is 2.94 bits per heavy atom. The van der Waals surface area contributed by atoms with Crippen molar-refractivity contribution < 1.29 is 9.84 Å². The SMILES string of the molecule is COc1ccccc1C1=NC(O)(CCl)CS1. The Hall–Kier alpha value is -0.710. The highest BCUT2D eigenvalue weighted by molar-refractivity contribution is 8.14. The van der Waals surface area contributed by atoms with Crippen molar-refractivity contribution >= 4 is 28.4 Å². The molecule has 1 heterocycles. The highest BCUT2D eigenvalue weighted by Gasteiger charge is 2.33. The summed E-state index contributed by atoms with van der Waals surface area (Å²) < 4.78 is 5.25. The minimum Gasteiger partial charge on any atom is -0.496 e. The van der Waals surface area contributed by atoms with E-state index >= 15 is 0 Å². The number of hydrogen-bond donors (Lipinski definition) is 1. The maximum atomic E-state index is 9.91. The van der Waals surface area contributed by atoms with Crippen LogP contribution in [0, 0.1) is 0 Å². The molecule has 0 amide bonds. The van der Waals surface area contributed by atoms with Crippen LogP contribution in [-0.2, 0) is 0 Å². The number of alkyl halides is 1. The van der Waals surface area contributed by atoms with Crippen LogP contribution in [0.1, 0.15) is 5.56 Å². The lowest BCUT2D eigenvalue weighted by Crippen LogP contribution is -2.28. The smallest absolute Gasteiger partial charge is 0.180 e. The van der Waals surface area contributed by atoms with Crippen LogP contribution in [0.3, 0.4) is 0 Å². The van der Waals surface area contributed by atoms with E-state index in [2.05, 4.69) is 4.99 Å². The lowest BCUT2D eigenvalue weighted by molar-refractivity contribution is 0.103. The zero-order chi connectivity index (χ0) is 11.6. The van der Waals surface area contributed by atoms with Crippen molar-refractivity contribution in [1.82, 2.24) is 0 Å². The Balaban J connectivity index is 2.36. The highest BCUT2D eigenvalue weighted by Crippen LogP contribution is 2.33. The van der Waals surface area contributed by atoms with Gasteiger partial charge in [-0.3, -0.25) is 0 Å². The van der Waals surface area contributed by atoms with Crippen molar-refractivity contribution in [3.05, 3.63) is 29.8 Å². The molecule has 1 aromatic carbocycles. The molecule has 1 N–H and O–H groups in total. The Bertz CT molecular complexity index is 424. The summed E-state index contributed by atoms with van der Waals surface area (Å²) in [6, 6.07) is 7.61. The third kappa shape index (κ3) is 2.19. The van der Waals surface area contributed by atoms with Crippen molar-refractivity contribution in [2.45, 2.75) is 5.72 Å². The van der Waals surface area contributed by atoms with E-state index in [9.17, 15) is 5.11 Å². The summed E-state index contributed by atoms with van der Waals surface area (Å²) in [5.74, 6) is 1.36. The fraction of sp³-hybridized carbons (Fsp3) is 0.364. The fourth-order valence-corrected chi connectivity index (χ4v) is 2.82. The van der Waals surface area contributed by atoms with Gasteiger partial charge in [0.25, 0.3) is 0 Å². The Kier molecular flexibility index (Phi) is 3.42. The van der Waals surface area contributed by atoms with Crippen molar-refractivity contribution in [2.75, 3.05) is 18.7 Å². The van der Waals surface area contributed by atoms with Gasteiger partial charge in [-0.1, -0.05) is 12.1 Å². The largest absolute Gasteiger partial charge is 0.496 e. The van der Waals surface area contributed by atoms with Crippen LogP contribution in [0.5, 0.6) is 5.75 Å². The predicted octanol–water partition coefficient (Wildman–Crippen LogP) is 2.12. The molecule has 0 radical (unpaired) electrons. The van der Waals surface area contributed by atoms with Crippen molar-refractivity contribution in [2.24, 2.45) is 4.99 Å². The number of nitrogens with zero attached hydrogens (tertiary/aromatic N) is 1. The van der Waals surface area contributed by atoms with Crippen LogP contribution in [0.25, 0.3) is 0 Å². The zero-order valence-electron chi connectivity index (χ0n) is 8.81. The lowest BCUT2D eigenvalue weighted by Gasteiger charge is -2.12. The topological polar surface area (TPSA) is 41.8 Å². The maximum Gasteiger partial charge on any atom is 0.180 e. The van der Waals surface area contributed by atoms with Gasteiger partial charge in [0.1, 0.15) is 10.8 Å². The summed E-state index contributed by atoms with van der Waals surface area (Å²) in [6.45, 7) is 0. The van der Waals surface area contributed by atoms with E-state index in [1.54, 1.807) is 7.11 Å². The van der Waals surface area contributed by atoms with Crippen LogP contribution in [0.15, 0.2) is 29.3 Å². The summed E-state index contributed by atoms with van der Waals surface area (Å²) in [5.41, 5.74) is -0.237. The average Bonchev–Trinajstić information content (AvgIpc) is 2.73. The van der Waals surface area contributed by atoms with Gasteiger partial charge in [0.2, 0.25) is 0 Å². The Labute approximate surface area is 103 Å². The molecule has 0 saturated heterocycles. The van der Waals surface area contributed by atoms with Crippen LogP contribution >= 0.6 is 23.4 Å². The van der Waals surface area contributed by atoms with Gasteiger partial charge in [-0.25, -0.2) is 4.99 Å². The second-order valence-corrected chi connectivity index (χ2v) is 4.75. The molecule has 1 atom stereocenters. The number of thioether (sulfide) groups is 1. The van der Waals surface area contributed by atoms with E-state index in [4.69, 9.17) is 16.3 Å². The molecule has 0 spiro atoms. The number of ether oxygens (including phenoxy) is 1. The molecule has 3 nitrogen and oxygen atoms in total. The van der Waals surface area contributed by atoms with E-state index < -0.39 is 5.72 Å². The van der Waals surface area contributed by atoms with Crippen molar-refractivity contribution in [3.8, 4) is 5.75 Å². The molecular formula is C11H12ClNO2S. The Morgan fingerprint density at radius 1 is 1.56 bits per heavy atom. The molecule has 0 aliphatic carbocycles. The molecular weight excluding hydrogens is 246 g/mol. The summed E-state index contributed by atoms with van der Waals surface area (Å²) in [4.78, 5) is 4.24. The third-order valence-corrected chi connectivity index (χ3v) is 3.92. The van der Waals surface area contributed by atoms with Gasteiger partial charge >= 0.3 is 0 Å². The predicted molar refractivity (Wildman–Crippen MR) is 67.7 cm³/mol. The van der Waals surface area contributed by atoms with E-state index in [1.165, 1.54) is 11.8 Å². The van der Waals surface area contributed by atoms with Gasteiger partial charge in [-0.05, 0) is 12.1 Å². The summed E-state index contributed by atoms with van der Waals surface area (Å²) >= 11 is 7.17. The second kappa shape index (κ2) is 4.65. The number of hydrogen-bond acceptors (Lipinski definition) is 4. The van der Waals surface area contributed by atoms with Gasteiger partial charge in [0, 0.05) is 5.56 Å². The maximum absolute atomic E-state index is 9.91. The molecule has 1 aliphatic heterocycles. The first-order valence-corrected chi connectivity index (χ1v) is 6.35. The van der Waals surface area contributed by atoms with E-state index in [1.807, 2.05) is 24.3 Å². The number of methoxy groups -OCH3 is 1. The quantitative estimate of drug-likeness (QED) is 0.844. The van der Waals surface area contributed by atoms with E-state index in [0.717, 1.165) is 16.4 Å². The van der Waals surface area contributed by atoms with Crippen LogP contribution in [-0.4, -0.2) is 34.6 Å². The molecule has 0 saturated carbocycles. The molecule has 86 valence electrons. The molecule has 1 aliphatic rings. The Morgan fingerprint density at radius 2 is 2.31 bits per heavy atom. The average molecular weight is 258 g/mol. The third-order valence-electron chi connectivity index (χ3n) is 2.30. The van der Waals surface area contributed by atoms with Crippen molar-refractivity contribution in [1.29, 1.82) is 0 Å². The normalized spacial score (nSPS) is 24.3. The monoisotopic (exact) mass is 257 g/mol. The van der Waals surface area contributed by atoms with Gasteiger partial charge in [0.05, 0.1) is 18.7 Å². The van der Waals surface area contributed by atoms with Gasteiger partial charge in [-0.15, -0.1) is 23.4 Å². The summed E-state index contributed by atoms with van der Waals surface area (Å²) in [5, 5.41) is 10.7. The molecule has 1 unspecified atom stereocenters. The standard InChI is InChI=1S/C11H12ClNO2S/c1-15-9-5-3-2-4-8(9)10-13-11(14,6-12)7-16-10/h2-5,14H,6-7H2,1H3. The lowest BCUT2D eigenvalue weighted by atomic mass is 10.2. The highest BCUT2D eigenvalue weighted by atomic mass is 35.5. The molecule has 5 heteroatoms. The van der Waals surface area contributed by atoms with Crippen LogP contribution in [0.2, 0.25) is 0 Å².